The Morgan fingerprint density at radius 1 is 1.44 bits per heavy atom. The zero-order valence-electron chi connectivity index (χ0n) is 11.0. The van der Waals surface area contributed by atoms with Gasteiger partial charge in [0.1, 0.15) is 12.1 Å². The molecule has 0 aromatic carbocycles. The molecule has 0 spiro atoms. The maximum Gasteiger partial charge on any atom is 0.303 e. The molecule has 2 N–H and O–H groups in total. The second-order valence-electron chi connectivity index (χ2n) is 4.75. The summed E-state index contributed by atoms with van der Waals surface area (Å²) in [5, 5.41) is 11.9. The van der Waals surface area contributed by atoms with Crippen molar-refractivity contribution < 1.29 is 9.90 Å². The summed E-state index contributed by atoms with van der Waals surface area (Å²) in [5.41, 5.74) is 0. The second-order valence-corrected chi connectivity index (χ2v) is 4.75. The quantitative estimate of drug-likeness (QED) is 0.742. The highest BCUT2D eigenvalue weighted by Crippen LogP contribution is 2.21. The van der Waals surface area contributed by atoms with E-state index in [1.165, 1.54) is 6.33 Å². The van der Waals surface area contributed by atoms with Gasteiger partial charge < -0.3 is 10.4 Å². The van der Waals surface area contributed by atoms with E-state index < -0.39 is 5.97 Å². The van der Waals surface area contributed by atoms with Crippen LogP contribution in [0.4, 0.5) is 5.82 Å². The summed E-state index contributed by atoms with van der Waals surface area (Å²) >= 11 is 0. The van der Waals surface area contributed by atoms with Crippen molar-refractivity contribution in [3.8, 4) is 0 Å². The highest BCUT2D eigenvalue weighted by Gasteiger charge is 2.14. The molecule has 5 heteroatoms. The van der Waals surface area contributed by atoms with Crippen LogP contribution in [0.25, 0.3) is 0 Å². The lowest BCUT2D eigenvalue weighted by molar-refractivity contribution is -0.137. The highest BCUT2D eigenvalue weighted by atomic mass is 16.4. The molecule has 0 amide bonds. The Hall–Kier alpha value is -1.65. The van der Waals surface area contributed by atoms with Gasteiger partial charge in [-0.15, -0.1) is 0 Å². The number of carboxylic acid groups (broad SMARTS) is 1. The fourth-order valence-electron chi connectivity index (χ4n) is 1.90. The van der Waals surface area contributed by atoms with E-state index in [0.717, 1.165) is 25.2 Å². The minimum Gasteiger partial charge on any atom is -0.481 e. The predicted molar refractivity (Wildman–Crippen MR) is 70.3 cm³/mol. The van der Waals surface area contributed by atoms with E-state index in [2.05, 4.69) is 29.1 Å². The third-order valence-corrected chi connectivity index (χ3v) is 3.08. The molecular formula is C13H21N3O2. The molecule has 1 aromatic heterocycles. The first-order valence-electron chi connectivity index (χ1n) is 6.31. The molecule has 0 saturated heterocycles. The number of nitrogens with zero attached hydrogens (tertiary/aromatic N) is 2. The first-order chi connectivity index (χ1) is 8.59. The fraction of sp³-hybridized carbons (Fsp3) is 0.615. The van der Waals surface area contributed by atoms with Gasteiger partial charge in [-0.25, -0.2) is 9.97 Å². The van der Waals surface area contributed by atoms with Crippen molar-refractivity contribution in [3.63, 3.8) is 0 Å². The third-order valence-electron chi connectivity index (χ3n) is 3.08. The standard InChI is InChI=1S/C13H21N3O2/c1-10(2)11(3-4-13(17)18)5-8-15-12-6-7-14-9-16-12/h6-7,9-11H,3-5,8H2,1-2H3,(H,17,18)(H,14,15,16). The Morgan fingerprint density at radius 3 is 2.78 bits per heavy atom. The Morgan fingerprint density at radius 2 is 2.22 bits per heavy atom. The molecule has 0 aliphatic heterocycles. The van der Waals surface area contributed by atoms with Gasteiger partial charge >= 0.3 is 5.97 Å². The van der Waals surface area contributed by atoms with Crippen LogP contribution in [-0.2, 0) is 4.79 Å². The number of hydrogen-bond donors (Lipinski definition) is 2. The fourth-order valence-corrected chi connectivity index (χ4v) is 1.90. The minimum atomic E-state index is -0.718. The van der Waals surface area contributed by atoms with E-state index >= 15 is 0 Å². The van der Waals surface area contributed by atoms with E-state index in [1.54, 1.807) is 6.20 Å². The van der Waals surface area contributed by atoms with Gasteiger partial charge in [0, 0.05) is 19.2 Å². The molecular weight excluding hydrogens is 230 g/mol. The molecule has 0 bridgehead atoms. The zero-order valence-corrected chi connectivity index (χ0v) is 11.0. The molecule has 1 heterocycles. The van der Waals surface area contributed by atoms with Crippen LogP contribution in [0, 0.1) is 11.8 Å². The largest absolute Gasteiger partial charge is 0.481 e. The Kier molecular flexibility index (Phi) is 6.11. The van der Waals surface area contributed by atoms with Gasteiger partial charge in [-0.2, -0.15) is 0 Å². The van der Waals surface area contributed by atoms with E-state index in [9.17, 15) is 4.79 Å². The molecule has 1 aromatic rings. The van der Waals surface area contributed by atoms with Crippen LogP contribution in [-0.4, -0.2) is 27.6 Å². The Bertz CT molecular complexity index is 355. The number of aliphatic carboxylic acids is 1. The molecule has 0 fully saturated rings. The van der Waals surface area contributed by atoms with Crippen molar-refractivity contribution in [1.82, 2.24) is 9.97 Å². The van der Waals surface area contributed by atoms with Gasteiger partial charge in [0.15, 0.2) is 0 Å². The lowest BCUT2D eigenvalue weighted by Crippen LogP contribution is -2.16. The Labute approximate surface area is 108 Å². The molecule has 0 radical (unpaired) electrons. The molecule has 0 aliphatic rings. The highest BCUT2D eigenvalue weighted by molar-refractivity contribution is 5.66. The van der Waals surface area contributed by atoms with Crippen LogP contribution in [0.1, 0.15) is 33.1 Å². The molecule has 1 rings (SSSR count). The van der Waals surface area contributed by atoms with E-state index in [-0.39, 0.29) is 6.42 Å². The van der Waals surface area contributed by atoms with Crippen LogP contribution < -0.4 is 5.32 Å². The molecule has 1 unspecified atom stereocenters. The van der Waals surface area contributed by atoms with Gasteiger partial charge in [0.25, 0.3) is 0 Å². The lowest BCUT2D eigenvalue weighted by atomic mass is 9.88. The van der Waals surface area contributed by atoms with Crippen molar-refractivity contribution in [1.29, 1.82) is 0 Å². The van der Waals surface area contributed by atoms with Gasteiger partial charge in [0.2, 0.25) is 0 Å². The maximum atomic E-state index is 10.6. The van der Waals surface area contributed by atoms with Gasteiger partial charge in [0.05, 0.1) is 0 Å². The van der Waals surface area contributed by atoms with Crippen molar-refractivity contribution in [2.45, 2.75) is 33.1 Å². The monoisotopic (exact) mass is 251 g/mol. The number of aromatic nitrogens is 2. The Balaban J connectivity index is 2.31. The molecule has 5 nitrogen and oxygen atoms in total. The summed E-state index contributed by atoms with van der Waals surface area (Å²) in [6.45, 7) is 5.08. The number of anilines is 1. The van der Waals surface area contributed by atoms with Crippen LogP contribution in [0.5, 0.6) is 0 Å². The van der Waals surface area contributed by atoms with E-state index in [0.29, 0.717) is 11.8 Å². The normalized spacial score (nSPS) is 12.4. The molecule has 0 saturated carbocycles. The second kappa shape index (κ2) is 7.63. The number of rotatable bonds is 8. The number of carbonyl (C=O) groups is 1. The summed E-state index contributed by atoms with van der Waals surface area (Å²) in [7, 11) is 0. The number of hydrogen-bond acceptors (Lipinski definition) is 4. The van der Waals surface area contributed by atoms with E-state index in [4.69, 9.17) is 5.11 Å². The minimum absolute atomic E-state index is 0.246. The topological polar surface area (TPSA) is 75.1 Å². The van der Waals surface area contributed by atoms with Crippen LogP contribution >= 0.6 is 0 Å². The number of carboxylic acids is 1. The van der Waals surface area contributed by atoms with Gasteiger partial charge in [-0.05, 0) is 30.7 Å². The third kappa shape index (κ3) is 5.61. The maximum absolute atomic E-state index is 10.6. The summed E-state index contributed by atoms with van der Waals surface area (Å²) in [4.78, 5) is 18.5. The van der Waals surface area contributed by atoms with Crippen molar-refractivity contribution >= 4 is 11.8 Å². The molecule has 0 aliphatic carbocycles. The molecule has 18 heavy (non-hydrogen) atoms. The first-order valence-corrected chi connectivity index (χ1v) is 6.31. The van der Waals surface area contributed by atoms with Crippen LogP contribution in [0.3, 0.4) is 0 Å². The summed E-state index contributed by atoms with van der Waals surface area (Å²) < 4.78 is 0. The molecule has 100 valence electrons. The average Bonchev–Trinajstić information content (AvgIpc) is 2.34. The SMILES string of the molecule is CC(C)C(CCNc1ccncn1)CCC(=O)O. The van der Waals surface area contributed by atoms with Crippen LogP contribution in [0.2, 0.25) is 0 Å². The first kappa shape index (κ1) is 14.4. The summed E-state index contributed by atoms with van der Waals surface area (Å²) in [6, 6.07) is 1.82. The lowest BCUT2D eigenvalue weighted by Gasteiger charge is -2.20. The van der Waals surface area contributed by atoms with Crippen LogP contribution in [0.15, 0.2) is 18.6 Å². The smallest absolute Gasteiger partial charge is 0.303 e. The average molecular weight is 251 g/mol. The van der Waals surface area contributed by atoms with Gasteiger partial charge in [-0.1, -0.05) is 13.8 Å². The van der Waals surface area contributed by atoms with Crippen molar-refractivity contribution in [3.05, 3.63) is 18.6 Å². The van der Waals surface area contributed by atoms with E-state index in [1.807, 2.05) is 6.07 Å². The van der Waals surface area contributed by atoms with Crippen molar-refractivity contribution in [2.24, 2.45) is 11.8 Å². The predicted octanol–water partition coefficient (Wildman–Crippen LogP) is 2.42. The van der Waals surface area contributed by atoms with Gasteiger partial charge in [-0.3, -0.25) is 4.79 Å². The summed E-state index contributed by atoms with van der Waals surface area (Å²) in [6.07, 6.45) is 5.14. The number of nitrogens with one attached hydrogen (secondary N) is 1. The molecule has 1 atom stereocenters. The van der Waals surface area contributed by atoms with Crippen molar-refractivity contribution in [2.75, 3.05) is 11.9 Å². The summed E-state index contributed by atoms with van der Waals surface area (Å²) in [5.74, 6) is 1.02. The zero-order chi connectivity index (χ0) is 13.4.